The number of carbonyl (C=O) groups excluding carboxylic acids is 3. The molecule has 0 aliphatic carbocycles. The van der Waals surface area contributed by atoms with E-state index in [0.717, 1.165) is 0 Å². The molecule has 1 aliphatic rings. The topological polar surface area (TPSA) is 95.9 Å². The number of aliphatic hydroxyl groups is 1. The number of hydrogen-bond acceptors (Lipinski definition) is 5. The molecule has 10 heteroatoms. The lowest BCUT2D eigenvalue weighted by molar-refractivity contribution is -0.317. The number of amides is 2. The quantitative estimate of drug-likeness (QED) is 0.740. The normalized spacial score (nSPS) is 23.1. The number of piperidine rings is 1. The number of alkyl halides is 3. The van der Waals surface area contributed by atoms with Gasteiger partial charge in [0.15, 0.2) is 0 Å². The van der Waals surface area contributed by atoms with Gasteiger partial charge in [-0.15, -0.1) is 0 Å². The minimum Gasteiger partial charge on any atom is -0.465 e. The van der Waals surface area contributed by atoms with Crippen molar-refractivity contribution in [1.82, 2.24) is 10.2 Å². The molecule has 0 aromatic heterocycles. The largest absolute Gasteiger partial charge is 0.465 e. The van der Waals surface area contributed by atoms with Gasteiger partial charge < -0.3 is 15.2 Å². The number of hydrogen-bond donors (Lipinski definition) is 2. The highest BCUT2D eigenvalue weighted by Crippen LogP contribution is 2.40. The summed E-state index contributed by atoms with van der Waals surface area (Å²) in [6.07, 6.45) is -6.50. The summed E-state index contributed by atoms with van der Waals surface area (Å²) in [5.41, 5.74) is -3.29. The monoisotopic (exact) mass is 388 g/mol. The number of nitrogens with zero attached hydrogens (tertiary/aromatic N) is 1. The first-order valence-electron chi connectivity index (χ1n) is 8.22. The van der Waals surface area contributed by atoms with Gasteiger partial charge >= 0.3 is 12.1 Å². The molecule has 27 heavy (non-hydrogen) atoms. The average molecular weight is 388 g/mol. The van der Waals surface area contributed by atoms with Gasteiger partial charge in [-0.3, -0.25) is 19.3 Å². The van der Waals surface area contributed by atoms with Crippen molar-refractivity contribution in [2.75, 3.05) is 13.2 Å². The Morgan fingerprint density at radius 3 is 2.52 bits per heavy atom. The Bertz CT molecular complexity index is 710. The third-order valence-corrected chi connectivity index (χ3v) is 4.18. The van der Waals surface area contributed by atoms with Gasteiger partial charge in [0.1, 0.15) is 12.6 Å². The van der Waals surface area contributed by atoms with Crippen molar-refractivity contribution in [2.24, 2.45) is 0 Å². The summed E-state index contributed by atoms with van der Waals surface area (Å²) in [4.78, 5) is 36.4. The molecule has 2 amide bonds. The lowest BCUT2D eigenvalue weighted by Crippen LogP contribution is -2.68. The zero-order valence-electron chi connectivity index (χ0n) is 14.5. The minimum absolute atomic E-state index is 0.0183. The van der Waals surface area contributed by atoms with E-state index in [1.807, 2.05) is 0 Å². The molecule has 0 radical (unpaired) electrons. The van der Waals surface area contributed by atoms with E-state index in [1.54, 1.807) is 18.2 Å². The van der Waals surface area contributed by atoms with Gasteiger partial charge in [0.25, 0.3) is 5.91 Å². The number of rotatable bonds is 5. The van der Waals surface area contributed by atoms with Crippen LogP contribution in [-0.4, -0.2) is 58.9 Å². The molecule has 148 valence electrons. The van der Waals surface area contributed by atoms with Gasteiger partial charge in [-0.1, -0.05) is 18.2 Å². The van der Waals surface area contributed by atoms with Crippen molar-refractivity contribution in [3.63, 3.8) is 0 Å². The van der Waals surface area contributed by atoms with E-state index >= 15 is 0 Å². The van der Waals surface area contributed by atoms with Crippen LogP contribution in [0.1, 0.15) is 30.1 Å². The molecule has 1 fully saturated rings. The first-order valence-corrected chi connectivity index (χ1v) is 8.22. The van der Waals surface area contributed by atoms with Crippen LogP contribution in [0.4, 0.5) is 13.2 Å². The Balaban J connectivity index is 2.23. The molecule has 1 aromatic rings. The molecule has 2 N–H and O–H groups in total. The smallest absolute Gasteiger partial charge is 0.436 e. The highest BCUT2D eigenvalue weighted by atomic mass is 19.4. The van der Waals surface area contributed by atoms with Crippen LogP contribution in [0.5, 0.6) is 0 Å². The fourth-order valence-corrected chi connectivity index (χ4v) is 2.78. The van der Waals surface area contributed by atoms with Crippen LogP contribution >= 0.6 is 0 Å². The van der Waals surface area contributed by atoms with E-state index in [4.69, 9.17) is 0 Å². The third-order valence-electron chi connectivity index (χ3n) is 4.18. The summed E-state index contributed by atoms with van der Waals surface area (Å²) in [5, 5.41) is 12.4. The van der Waals surface area contributed by atoms with Crippen LogP contribution in [0.3, 0.4) is 0 Å². The first-order chi connectivity index (χ1) is 12.6. The predicted octanol–water partition coefficient (Wildman–Crippen LogP) is 1.22. The minimum atomic E-state index is -5.18. The fraction of sp³-hybridized carbons (Fsp3) is 0.471. The molecule has 0 bridgehead atoms. The second-order valence-corrected chi connectivity index (χ2v) is 5.97. The molecule has 7 nitrogen and oxygen atoms in total. The van der Waals surface area contributed by atoms with Crippen molar-refractivity contribution in [3.05, 3.63) is 35.9 Å². The number of carbonyl (C=O) groups is 3. The summed E-state index contributed by atoms with van der Waals surface area (Å²) in [6.45, 7) is 0.272. The summed E-state index contributed by atoms with van der Waals surface area (Å²) in [6, 6.07) is 6.50. The molecule has 2 rings (SSSR count). The Morgan fingerprint density at radius 1 is 1.33 bits per heavy atom. The van der Waals surface area contributed by atoms with Gasteiger partial charge in [0, 0.05) is 12.0 Å². The third kappa shape index (κ3) is 4.38. The van der Waals surface area contributed by atoms with Crippen LogP contribution in [0.15, 0.2) is 30.3 Å². The number of halogens is 3. The molecule has 2 atom stereocenters. The van der Waals surface area contributed by atoms with Gasteiger partial charge in [-0.05, 0) is 25.5 Å². The Labute approximate surface area is 153 Å². The zero-order chi connectivity index (χ0) is 20.2. The maximum absolute atomic E-state index is 13.4. The highest BCUT2D eigenvalue weighted by Gasteiger charge is 2.62. The Kier molecular flexibility index (Phi) is 6.09. The highest BCUT2D eigenvalue weighted by molar-refractivity contribution is 5.98. The molecular weight excluding hydrogens is 369 g/mol. The van der Waals surface area contributed by atoms with E-state index in [0.29, 0.717) is 0 Å². The van der Waals surface area contributed by atoms with E-state index < -0.39 is 55.1 Å². The van der Waals surface area contributed by atoms with Crippen molar-refractivity contribution in [2.45, 2.75) is 37.7 Å². The van der Waals surface area contributed by atoms with Crippen molar-refractivity contribution < 1.29 is 37.4 Å². The second-order valence-electron chi connectivity index (χ2n) is 5.97. The summed E-state index contributed by atoms with van der Waals surface area (Å²) >= 11 is 0. The molecule has 0 unspecified atom stereocenters. The second kappa shape index (κ2) is 7.95. The lowest BCUT2D eigenvalue weighted by Gasteiger charge is -2.45. The fourth-order valence-electron chi connectivity index (χ4n) is 2.78. The number of benzene rings is 1. The summed E-state index contributed by atoms with van der Waals surface area (Å²) in [5.74, 6) is -2.95. The maximum Gasteiger partial charge on any atom is 0.436 e. The number of likely N-dealkylation sites (tertiary alicyclic amines) is 1. The molecule has 1 aromatic carbocycles. The van der Waals surface area contributed by atoms with Crippen LogP contribution in [0.25, 0.3) is 0 Å². The zero-order valence-corrected chi connectivity index (χ0v) is 14.5. The number of esters is 1. The SMILES string of the molecule is CCOC(=O)CN1C(=O)[C@@H](NC(=O)c2ccccc2)CC[C@@]1(O)C(F)(F)F. The van der Waals surface area contributed by atoms with E-state index in [1.165, 1.54) is 19.1 Å². The number of ether oxygens (including phenoxy) is 1. The van der Waals surface area contributed by atoms with E-state index in [-0.39, 0.29) is 17.1 Å². The van der Waals surface area contributed by atoms with Gasteiger partial charge in [0.2, 0.25) is 11.6 Å². The van der Waals surface area contributed by atoms with Gasteiger partial charge in [0.05, 0.1) is 6.61 Å². The molecule has 1 heterocycles. The Morgan fingerprint density at radius 2 is 1.96 bits per heavy atom. The molecule has 1 saturated heterocycles. The van der Waals surface area contributed by atoms with Gasteiger partial charge in [-0.2, -0.15) is 13.2 Å². The summed E-state index contributed by atoms with van der Waals surface area (Å²) < 4.78 is 44.7. The molecule has 0 saturated carbocycles. The standard InChI is InChI=1S/C17H19F3N2O5/c1-2-27-13(23)10-22-15(25)12(8-9-16(22,26)17(18,19)20)21-14(24)11-6-4-3-5-7-11/h3-7,12,26H,2,8-10H2,1H3,(H,21,24)/t12-,16+/m0/s1. The van der Waals surface area contributed by atoms with Crippen molar-refractivity contribution >= 4 is 17.8 Å². The molecule has 1 aliphatic heterocycles. The lowest BCUT2D eigenvalue weighted by atomic mass is 9.93. The van der Waals surface area contributed by atoms with Crippen LogP contribution in [0, 0.1) is 0 Å². The van der Waals surface area contributed by atoms with Crippen LogP contribution < -0.4 is 5.32 Å². The first kappa shape index (κ1) is 20.7. The van der Waals surface area contributed by atoms with Gasteiger partial charge in [-0.25, -0.2) is 0 Å². The maximum atomic E-state index is 13.4. The average Bonchev–Trinajstić information content (AvgIpc) is 2.61. The predicted molar refractivity (Wildman–Crippen MR) is 86.3 cm³/mol. The number of nitrogens with one attached hydrogen (secondary N) is 1. The van der Waals surface area contributed by atoms with E-state index in [9.17, 15) is 32.7 Å². The van der Waals surface area contributed by atoms with Crippen LogP contribution in [0.2, 0.25) is 0 Å². The van der Waals surface area contributed by atoms with Crippen molar-refractivity contribution in [1.29, 1.82) is 0 Å². The molecule has 0 spiro atoms. The van der Waals surface area contributed by atoms with Crippen molar-refractivity contribution in [3.8, 4) is 0 Å². The Hall–Kier alpha value is -2.62. The van der Waals surface area contributed by atoms with E-state index in [2.05, 4.69) is 10.1 Å². The molecular formula is C17H19F3N2O5. The van der Waals surface area contributed by atoms with Crippen LogP contribution in [-0.2, 0) is 14.3 Å². The summed E-state index contributed by atoms with van der Waals surface area (Å²) in [7, 11) is 0.